The fourth-order valence-corrected chi connectivity index (χ4v) is 2.78. The zero-order valence-electron chi connectivity index (χ0n) is 13.7. The molecule has 0 saturated carbocycles. The van der Waals surface area contributed by atoms with Crippen LogP contribution in [0.3, 0.4) is 0 Å². The summed E-state index contributed by atoms with van der Waals surface area (Å²) in [5, 5.41) is 6.55. The molecule has 25 heavy (non-hydrogen) atoms. The molecule has 8 heteroatoms. The van der Waals surface area contributed by atoms with E-state index in [0.29, 0.717) is 30.3 Å². The van der Waals surface area contributed by atoms with Gasteiger partial charge in [0, 0.05) is 48.8 Å². The monoisotopic (exact) mass is 359 g/mol. The Morgan fingerprint density at radius 3 is 2.56 bits per heavy atom. The van der Waals surface area contributed by atoms with E-state index in [4.69, 9.17) is 11.6 Å². The quantitative estimate of drug-likeness (QED) is 0.872. The minimum Gasteiger partial charge on any atom is -0.334 e. The molecule has 1 aliphatic rings. The van der Waals surface area contributed by atoms with Crippen molar-refractivity contribution in [3.05, 3.63) is 53.1 Å². The van der Waals surface area contributed by atoms with E-state index in [1.54, 1.807) is 29.2 Å². The van der Waals surface area contributed by atoms with Crippen LogP contribution in [0.4, 0.5) is 5.69 Å². The summed E-state index contributed by atoms with van der Waals surface area (Å²) in [5.41, 5.74) is 0.631. The van der Waals surface area contributed by atoms with Crippen molar-refractivity contribution in [2.24, 2.45) is 0 Å². The third-order valence-electron chi connectivity index (χ3n) is 3.87. The number of nitrogens with zero attached hydrogens (tertiary/aromatic N) is 3. The number of aromatic nitrogens is 2. The first-order chi connectivity index (χ1) is 12.0. The summed E-state index contributed by atoms with van der Waals surface area (Å²) in [5.74, 6) is -0.773. The van der Waals surface area contributed by atoms with Crippen molar-refractivity contribution in [3.63, 3.8) is 0 Å². The van der Waals surface area contributed by atoms with Crippen LogP contribution in [0.2, 0.25) is 5.02 Å². The molecule has 0 aliphatic carbocycles. The van der Waals surface area contributed by atoms with Crippen molar-refractivity contribution < 1.29 is 9.59 Å². The molecule has 2 aromatic rings. The molecule has 1 fully saturated rings. The van der Waals surface area contributed by atoms with Crippen LogP contribution < -0.4 is 10.6 Å². The first kappa shape index (κ1) is 17.3. The number of piperazine rings is 1. The first-order valence-corrected chi connectivity index (χ1v) is 8.33. The average molecular weight is 360 g/mol. The molecular formula is C17H18ClN5O2. The number of anilines is 1. The summed E-state index contributed by atoms with van der Waals surface area (Å²) in [6.07, 6.45) is 2.81. The lowest BCUT2D eigenvalue weighted by atomic mass is 10.2. The Hall–Kier alpha value is -2.51. The fourth-order valence-electron chi connectivity index (χ4n) is 2.65. The molecule has 3 rings (SSSR count). The van der Waals surface area contributed by atoms with E-state index >= 15 is 0 Å². The highest BCUT2D eigenvalue weighted by molar-refractivity contribution is 6.30. The first-order valence-electron chi connectivity index (χ1n) is 7.95. The molecule has 1 aromatic heterocycles. The van der Waals surface area contributed by atoms with Crippen LogP contribution in [0.1, 0.15) is 27.9 Å². The molecule has 2 amide bonds. The third-order valence-corrected chi connectivity index (χ3v) is 4.13. The van der Waals surface area contributed by atoms with Gasteiger partial charge in [-0.25, -0.2) is 9.97 Å². The van der Waals surface area contributed by atoms with Gasteiger partial charge in [0.1, 0.15) is 0 Å². The van der Waals surface area contributed by atoms with Crippen LogP contribution in [-0.4, -0.2) is 52.4 Å². The normalized spacial score (nSPS) is 17.2. The molecule has 0 radical (unpaired) electrons. The van der Waals surface area contributed by atoms with Gasteiger partial charge in [-0.2, -0.15) is 0 Å². The zero-order valence-corrected chi connectivity index (χ0v) is 14.5. The lowest BCUT2D eigenvalue weighted by Gasteiger charge is -2.31. The van der Waals surface area contributed by atoms with Crippen molar-refractivity contribution in [3.8, 4) is 0 Å². The third kappa shape index (κ3) is 4.12. The molecule has 0 spiro atoms. The average Bonchev–Trinajstić information content (AvgIpc) is 2.63. The van der Waals surface area contributed by atoms with Gasteiger partial charge in [0.15, 0.2) is 11.4 Å². The molecule has 2 N–H and O–H groups in total. The van der Waals surface area contributed by atoms with Crippen molar-refractivity contribution in [1.82, 2.24) is 20.2 Å². The van der Waals surface area contributed by atoms with E-state index < -0.39 is 5.91 Å². The fraction of sp³-hybridized carbons (Fsp3) is 0.294. The highest BCUT2D eigenvalue weighted by Crippen LogP contribution is 2.15. The van der Waals surface area contributed by atoms with Crippen molar-refractivity contribution in [2.75, 3.05) is 25.0 Å². The van der Waals surface area contributed by atoms with Gasteiger partial charge in [-0.3, -0.25) is 9.59 Å². The number of carbonyl (C=O) groups excluding carboxylic acids is 2. The predicted molar refractivity (Wildman–Crippen MR) is 94.8 cm³/mol. The molecule has 1 atom stereocenters. The second-order valence-electron chi connectivity index (χ2n) is 5.82. The zero-order chi connectivity index (χ0) is 17.8. The van der Waals surface area contributed by atoms with Gasteiger partial charge in [-0.15, -0.1) is 0 Å². The van der Waals surface area contributed by atoms with Gasteiger partial charge in [-0.05, 0) is 31.2 Å². The Morgan fingerprint density at radius 2 is 1.88 bits per heavy atom. The van der Waals surface area contributed by atoms with Crippen LogP contribution in [0.25, 0.3) is 0 Å². The van der Waals surface area contributed by atoms with E-state index in [2.05, 4.69) is 20.6 Å². The minimum atomic E-state index is -0.484. The van der Waals surface area contributed by atoms with Crippen LogP contribution >= 0.6 is 11.6 Å². The number of hydrogen-bond donors (Lipinski definition) is 2. The number of rotatable bonds is 3. The second kappa shape index (κ2) is 7.58. The number of nitrogens with one attached hydrogen (secondary N) is 2. The smallest absolute Gasteiger partial charge is 0.276 e. The van der Waals surface area contributed by atoms with Crippen LogP contribution in [0, 0.1) is 0 Å². The summed E-state index contributed by atoms with van der Waals surface area (Å²) in [6, 6.07) is 6.89. The largest absolute Gasteiger partial charge is 0.334 e. The van der Waals surface area contributed by atoms with Crippen LogP contribution in [0.5, 0.6) is 0 Å². The molecule has 1 aromatic carbocycles. The highest BCUT2D eigenvalue weighted by Gasteiger charge is 2.27. The lowest BCUT2D eigenvalue weighted by Crippen LogP contribution is -2.51. The maximum Gasteiger partial charge on any atom is 0.276 e. The summed E-state index contributed by atoms with van der Waals surface area (Å²) < 4.78 is 0. The van der Waals surface area contributed by atoms with Crippen molar-refractivity contribution in [1.29, 1.82) is 0 Å². The number of amides is 2. The Labute approximate surface area is 150 Å². The van der Waals surface area contributed by atoms with E-state index in [1.165, 1.54) is 12.4 Å². The molecular weight excluding hydrogens is 342 g/mol. The molecule has 130 valence electrons. The van der Waals surface area contributed by atoms with Crippen molar-refractivity contribution in [2.45, 2.75) is 13.0 Å². The number of benzene rings is 1. The van der Waals surface area contributed by atoms with Crippen LogP contribution in [-0.2, 0) is 0 Å². The molecule has 1 unspecified atom stereocenters. The Kier molecular flexibility index (Phi) is 5.25. The topological polar surface area (TPSA) is 87.2 Å². The Balaban J connectivity index is 1.81. The Bertz CT molecular complexity index is 781. The highest BCUT2D eigenvalue weighted by atomic mass is 35.5. The van der Waals surface area contributed by atoms with E-state index in [9.17, 15) is 9.59 Å². The van der Waals surface area contributed by atoms with Crippen molar-refractivity contribution >= 4 is 29.1 Å². The maximum absolute atomic E-state index is 12.8. The van der Waals surface area contributed by atoms with Crippen LogP contribution in [0.15, 0.2) is 36.7 Å². The molecule has 0 bridgehead atoms. The van der Waals surface area contributed by atoms with E-state index in [-0.39, 0.29) is 23.3 Å². The lowest BCUT2D eigenvalue weighted by molar-refractivity contribution is 0.0698. The maximum atomic E-state index is 12.8. The van der Waals surface area contributed by atoms with Gasteiger partial charge in [0.05, 0.1) is 0 Å². The van der Waals surface area contributed by atoms with E-state index in [0.717, 1.165) is 0 Å². The van der Waals surface area contributed by atoms with Gasteiger partial charge in [-0.1, -0.05) is 11.6 Å². The second-order valence-corrected chi connectivity index (χ2v) is 6.26. The summed E-state index contributed by atoms with van der Waals surface area (Å²) in [6.45, 7) is 3.84. The summed E-state index contributed by atoms with van der Waals surface area (Å²) in [4.78, 5) is 35.2. The molecule has 7 nitrogen and oxygen atoms in total. The molecule has 1 aliphatic heterocycles. The Morgan fingerprint density at radius 1 is 1.20 bits per heavy atom. The molecule has 1 saturated heterocycles. The van der Waals surface area contributed by atoms with Gasteiger partial charge in [0.25, 0.3) is 11.8 Å². The SMILES string of the molecule is CC1CN(C(=O)c2nccnc2C(=O)Nc2ccc(Cl)cc2)CCN1. The number of halogens is 1. The summed E-state index contributed by atoms with van der Waals surface area (Å²) in [7, 11) is 0. The summed E-state index contributed by atoms with van der Waals surface area (Å²) >= 11 is 5.84. The number of hydrogen-bond acceptors (Lipinski definition) is 5. The van der Waals surface area contributed by atoms with Gasteiger partial charge >= 0.3 is 0 Å². The standard InChI is InChI=1S/C17H18ClN5O2/c1-11-10-23(9-8-19-11)17(25)15-14(20-6-7-21-15)16(24)22-13-4-2-12(18)3-5-13/h2-7,11,19H,8-10H2,1H3,(H,22,24). The van der Waals surface area contributed by atoms with E-state index in [1.807, 2.05) is 6.92 Å². The number of carbonyl (C=O) groups is 2. The van der Waals surface area contributed by atoms with Gasteiger partial charge < -0.3 is 15.5 Å². The minimum absolute atomic E-state index is 0.00800. The molecule has 2 heterocycles. The predicted octanol–water partition coefficient (Wildman–Crippen LogP) is 1.82. The van der Waals surface area contributed by atoms with Gasteiger partial charge in [0.2, 0.25) is 0 Å².